The number of nitrogens with zero attached hydrogens (tertiary/aromatic N) is 2. The van der Waals surface area contributed by atoms with Gasteiger partial charge in [-0.15, -0.1) is 0 Å². The molecule has 0 radical (unpaired) electrons. The highest BCUT2D eigenvalue weighted by molar-refractivity contribution is 5.56. The van der Waals surface area contributed by atoms with Crippen LogP contribution in [0.15, 0.2) is 72.9 Å². The van der Waals surface area contributed by atoms with Gasteiger partial charge in [0.15, 0.2) is 0 Å². The summed E-state index contributed by atoms with van der Waals surface area (Å²) in [7, 11) is 1.68. The van der Waals surface area contributed by atoms with Crippen molar-refractivity contribution in [2.45, 2.75) is 38.6 Å². The minimum absolute atomic E-state index is 0.0977. The molecule has 0 spiro atoms. The van der Waals surface area contributed by atoms with Crippen molar-refractivity contribution >= 4 is 5.69 Å². The number of hydrogen-bond acceptors (Lipinski definition) is 5. The number of rotatable bonds is 10. The average molecular weight is 446 g/mol. The third kappa shape index (κ3) is 6.20. The van der Waals surface area contributed by atoms with Crippen LogP contribution in [0.25, 0.3) is 0 Å². The van der Waals surface area contributed by atoms with Crippen LogP contribution in [0, 0.1) is 0 Å². The van der Waals surface area contributed by atoms with Crippen LogP contribution in [0.4, 0.5) is 5.69 Å². The van der Waals surface area contributed by atoms with Crippen LogP contribution in [0.3, 0.4) is 0 Å². The van der Waals surface area contributed by atoms with Crippen LogP contribution in [0.2, 0.25) is 0 Å². The molecular weight excluding hydrogens is 410 g/mol. The first-order valence-corrected chi connectivity index (χ1v) is 12.0. The molecule has 33 heavy (non-hydrogen) atoms. The van der Waals surface area contributed by atoms with E-state index in [1.54, 1.807) is 13.3 Å². The molecule has 1 aromatic heterocycles. The SMILES string of the molecule is CCc1cc(C(CCc2ccccc2)OC(OC)c2ccccn2)ccc1N1CCNCC1. The Morgan fingerprint density at radius 3 is 2.48 bits per heavy atom. The maximum absolute atomic E-state index is 6.57. The molecule has 2 heterocycles. The normalized spacial score (nSPS) is 15.9. The Kier molecular flexibility index (Phi) is 8.47. The third-order valence-corrected chi connectivity index (χ3v) is 6.28. The molecule has 5 heteroatoms. The largest absolute Gasteiger partial charge is 0.369 e. The zero-order valence-corrected chi connectivity index (χ0v) is 19.7. The van der Waals surface area contributed by atoms with Crippen molar-refractivity contribution in [2.75, 3.05) is 38.2 Å². The van der Waals surface area contributed by atoms with Crippen LogP contribution >= 0.6 is 0 Å². The lowest BCUT2D eigenvalue weighted by Crippen LogP contribution is -2.43. The maximum atomic E-state index is 6.57. The number of piperazine rings is 1. The molecule has 1 aliphatic heterocycles. The van der Waals surface area contributed by atoms with Gasteiger partial charge in [-0.3, -0.25) is 4.98 Å². The molecule has 0 saturated carbocycles. The highest BCUT2D eigenvalue weighted by Gasteiger charge is 2.22. The molecule has 1 fully saturated rings. The summed E-state index contributed by atoms with van der Waals surface area (Å²) in [4.78, 5) is 6.95. The molecule has 2 aromatic carbocycles. The lowest BCUT2D eigenvalue weighted by Gasteiger charge is -2.32. The molecular formula is C28H35N3O2. The van der Waals surface area contributed by atoms with E-state index >= 15 is 0 Å². The number of ether oxygens (including phenoxy) is 2. The Balaban J connectivity index is 1.59. The summed E-state index contributed by atoms with van der Waals surface area (Å²) in [5.41, 5.74) is 6.01. The van der Waals surface area contributed by atoms with Crippen LogP contribution < -0.4 is 10.2 Å². The first kappa shape index (κ1) is 23.4. The van der Waals surface area contributed by atoms with E-state index in [1.165, 1.54) is 22.4 Å². The molecule has 174 valence electrons. The van der Waals surface area contributed by atoms with Crippen LogP contribution in [0.5, 0.6) is 0 Å². The molecule has 0 amide bonds. The van der Waals surface area contributed by atoms with Gasteiger partial charge in [-0.25, -0.2) is 0 Å². The van der Waals surface area contributed by atoms with Gasteiger partial charge in [-0.05, 0) is 54.2 Å². The monoisotopic (exact) mass is 445 g/mol. The zero-order chi connectivity index (χ0) is 22.9. The summed E-state index contributed by atoms with van der Waals surface area (Å²) < 4.78 is 12.3. The Bertz CT molecular complexity index is 975. The van der Waals surface area contributed by atoms with E-state index in [0.717, 1.165) is 51.1 Å². The Morgan fingerprint density at radius 2 is 1.79 bits per heavy atom. The first-order valence-electron chi connectivity index (χ1n) is 12.0. The first-order chi connectivity index (χ1) is 16.3. The van der Waals surface area contributed by atoms with Gasteiger partial charge in [0.2, 0.25) is 6.29 Å². The van der Waals surface area contributed by atoms with Gasteiger partial charge < -0.3 is 19.7 Å². The van der Waals surface area contributed by atoms with Gasteiger partial charge in [0, 0.05) is 45.2 Å². The predicted molar refractivity (Wildman–Crippen MR) is 133 cm³/mol. The second-order valence-corrected chi connectivity index (χ2v) is 8.45. The molecule has 1 N–H and O–H groups in total. The Hall–Kier alpha value is -2.73. The lowest BCUT2D eigenvalue weighted by molar-refractivity contribution is -0.165. The average Bonchev–Trinajstić information content (AvgIpc) is 2.90. The van der Waals surface area contributed by atoms with Gasteiger partial charge >= 0.3 is 0 Å². The van der Waals surface area contributed by atoms with Crippen molar-refractivity contribution in [3.05, 3.63) is 95.3 Å². The number of pyridine rings is 1. The fourth-order valence-corrected chi connectivity index (χ4v) is 4.47. The number of aromatic nitrogens is 1. The molecule has 2 unspecified atom stereocenters. The molecule has 0 aliphatic carbocycles. The second-order valence-electron chi connectivity index (χ2n) is 8.45. The number of anilines is 1. The molecule has 1 saturated heterocycles. The highest BCUT2D eigenvalue weighted by Crippen LogP contribution is 2.33. The van der Waals surface area contributed by atoms with Gasteiger partial charge in [0.05, 0.1) is 11.8 Å². The lowest BCUT2D eigenvalue weighted by atomic mass is 9.97. The Labute approximate surface area is 197 Å². The van der Waals surface area contributed by atoms with Crippen molar-refractivity contribution in [2.24, 2.45) is 0 Å². The molecule has 2 atom stereocenters. The van der Waals surface area contributed by atoms with Crippen LogP contribution in [-0.4, -0.2) is 38.3 Å². The number of benzene rings is 2. The van der Waals surface area contributed by atoms with E-state index in [9.17, 15) is 0 Å². The van der Waals surface area contributed by atoms with E-state index in [-0.39, 0.29) is 6.10 Å². The van der Waals surface area contributed by atoms with Crippen molar-refractivity contribution in [3.63, 3.8) is 0 Å². The number of methoxy groups -OCH3 is 1. The molecule has 4 rings (SSSR count). The fourth-order valence-electron chi connectivity index (χ4n) is 4.47. The minimum atomic E-state index is -0.509. The molecule has 3 aromatic rings. The van der Waals surface area contributed by atoms with E-state index < -0.39 is 6.29 Å². The summed E-state index contributed by atoms with van der Waals surface area (Å²) in [6.45, 7) is 6.40. The summed E-state index contributed by atoms with van der Waals surface area (Å²) in [6, 6.07) is 23.3. The van der Waals surface area contributed by atoms with Gasteiger partial charge in [0.25, 0.3) is 0 Å². The van der Waals surface area contributed by atoms with E-state index in [2.05, 4.69) is 70.7 Å². The van der Waals surface area contributed by atoms with Crippen molar-refractivity contribution < 1.29 is 9.47 Å². The second kappa shape index (κ2) is 11.9. The number of nitrogens with one attached hydrogen (secondary N) is 1. The van der Waals surface area contributed by atoms with Crippen molar-refractivity contribution in [1.29, 1.82) is 0 Å². The maximum Gasteiger partial charge on any atom is 0.201 e. The topological polar surface area (TPSA) is 46.6 Å². The summed E-state index contributed by atoms with van der Waals surface area (Å²) in [5.74, 6) is 0. The van der Waals surface area contributed by atoms with E-state index in [1.807, 2.05) is 18.2 Å². The molecule has 1 aliphatic rings. The summed E-state index contributed by atoms with van der Waals surface area (Å²) in [5, 5.41) is 3.45. The summed E-state index contributed by atoms with van der Waals surface area (Å²) >= 11 is 0. The van der Waals surface area contributed by atoms with Gasteiger partial charge in [-0.2, -0.15) is 0 Å². The predicted octanol–water partition coefficient (Wildman–Crippen LogP) is 5.09. The number of aryl methyl sites for hydroxylation is 2. The third-order valence-electron chi connectivity index (χ3n) is 6.28. The smallest absolute Gasteiger partial charge is 0.201 e. The van der Waals surface area contributed by atoms with Crippen molar-refractivity contribution in [1.82, 2.24) is 10.3 Å². The van der Waals surface area contributed by atoms with E-state index in [4.69, 9.17) is 9.47 Å². The fraction of sp³-hybridized carbons (Fsp3) is 0.393. The minimum Gasteiger partial charge on any atom is -0.369 e. The summed E-state index contributed by atoms with van der Waals surface area (Å²) in [6.07, 6.45) is 3.97. The molecule has 0 bridgehead atoms. The van der Waals surface area contributed by atoms with Crippen LogP contribution in [-0.2, 0) is 22.3 Å². The Morgan fingerprint density at radius 1 is 1.00 bits per heavy atom. The van der Waals surface area contributed by atoms with Crippen molar-refractivity contribution in [3.8, 4) is 0 Å². The van der Waals surface area contributed by atoms with Gasteiger partial charge in [0.1, 0.15) is 0 Å². The highest BCUT2D eigenvalue weighted by atomic mass is 16.7. The standard InChI is InChI=1S/C28H35N3O2/c1-3-23-21-24(13-14-26(23)31-19-17-29-18-20-31)27(15-12-22-9-5-4-6-10-22)33-28(32-2)25-11-7-8-16-30-25/h4-11,13-14,16,21,27-29H,3,12,15,17-20H2,1-2H3. The van der Waals surface area contributed by atoms with E-state index in [0.29, 0.717) is 0 Å². The van der Waals surface area contributed by atoms with Gasteiger partial charge in [-0.1, -0.05) is 55.5 Å². The quantitative estimate of drug-likeness (QED) is 0.441. The zero-order valence-electron chi connectivity index (χ0n) is 19.7. The molecule has 5 nitrogen and oxygen atoms in total. The van der Waals surface area contributed by atoms with Crippen LogP contribution in [0.1, 0.15) is 48.1 Å². The number of hydrogen-bond donors (Lipinski definition) is 1.